The number of carbonyl (C=O) groups excluding carboxylic acids is 1. The summed E-state index contributed by atoms with van der Waals surface area (Å²) in [5.41, 5.74) is 6.30. The van der Waals surface area contributed by atoms with Gasteiger partial charge < -0.3 is 16.2 Å². The van der Waals surface area contributed by atoms with E-state index in [1.807, 2.05) is 32.9 Å². The fourth-order valence-electron chi connectivity index (χ4n) is 2.01. The van der Waals surface area contributed by atoms with Crippen LogP contribution >= 0.6 is 0 Å². The van der Waals surface area contributed by atoms with Crippen LogP contribution < -0.4 is 11.1 Å². The van der Waals surface area contributed by atoms with Gasteiger partial charge in [0.1, 0.15) is 5.75 Å². The lowest BCUT2D eigenvalue weighted by Crippen LogP contribution is -2.45. The molecule has 0 radical (unpaired) electrons. The maximum absolute atomic E-state index is 12.2. The molecule has 0 unspecified atom stereocenters. The van der Waals surface area contributed by atoms with E-state index in [4.69, 9.17) is 5.73 Å². The molecule has 0 bridgehead atoms. The van der Waals surface area contributed by atoms with Gasteiger partial charge in [0.15, 0.2) is 0 Å². The topological polar surface area (TPSA) is 75.4 Å². The number of fused-ring (bicyclic) bond motifs is 1. The quantitative estimate of drug-likeness (QED) is 0.787. The van der Waals surface area contributed by atoms with Crippen molar-refractivity contribution in [2.75, 3.05) is 5.32 Å². The first-order valence-corrected chi connectivity index (χ1v) is 6.58. The third-order valence-corrected chi connectivity index (χ3v) is 3.37. The number of phenolic OH excluding ortho intramolecular Hbond substituents is 1. The highest BCUT2D eigenvalue weighted by Gasteiger charge is 2.27. The summed E-state index contributed by atoms with van der Waals surface area (Å²) in [5.74, 6) is -0.0351. The predicted molar refractivity (Wildman–Crippen MR) is 81.7 cm³/mol. The van der Waals surface area contributed by atoms with Crippen LogP contribution in [0, 0.1) is 5.41 Å². The zero-order valence-corrected chi connectivity index (χ0v) is 12.0. The van der Waals surface area contributed by atoms with Gasteiger partial charge in [0.05, 0.1) is 6.04 Å². The second-order valence-electron chi connectivity index (χ2n) is 6.01. The van der Waals surface area contributed by atoms with Crippen LogP contribution in [0.5, 0.6) is 5.75 Å². The highest BCUT2D eigenvalue weighted by molar-refractivity contribution is 6.05. The van der Waals surface area contributed by atoms with Crippen molar-refractivity contribution >= 4 is 22.4 Å². The first-order chi connectivity index (χ1) is 9.30. The van der Waals surface area contributed by atoms with Gasteiger partial charge in [0.25, 0.3) is 0 Å². The van der Waals surface area contributed by atoms with Gasteiger partial charge in [-0.3, -0.25) is 4.79 Å². The SMILES string of the molecule is CC(C)(C)[C@@H](N)C(=O)Nc1cccc2c(O)cccc12. The number of nitrogens with two attached hydrogens (primary N) is 1. The Balaban J connectivity index is 2.36. The van der Waals surface area contributed by atoms with Crippen molar-refractivity contribution in [2.45, 2.75) is 26.8 Å². The molecule has 1 amide bonds. The van der Waals surface area contributed by atoms with E-state index in [1.165, 1.54) is 0 Å². The van der Waals surface area contributed by atoms with Gasteiger partial charge in [-0.05, 0) is 17.5 Å². The number of rotatable bonds is 2. The van der Waals surface area contributed by atoms with E-state index in [0.29, 0.717) is 11.1 Å². The van der Waals surface area contributed by atoms with Gasteiger partial charge in [-0.2, -0.15) is 0 Å². The number of aromatic hydroxyl groups is 1. The zero-order valence-electron chi connectivity index (χ0n) is 12.0. The van der Waals surface area contributed by atoms with Crippen molar-refractivity contribution in [3.63, 3.8) is 0 Å². The number of anilines is 1. The second kappa shape index (κ2) is 5.13. The number of nitrogens with one attached hydrogen (secondary N) is 1. The maximum atomic E-state index is 12.2. The molecule has 4 nitrogen and oxygen atoms in total. The summed E-state index contributed by atoms with van der Waals surface area (Å²) in [4.78, 5) is 12.2. The number of benzene rings is 2. The molecule has 0 fully saturated rings. The Morgan fingerprint density at radius 1 is 1.15 bits per heavy atom. The third-order valence-electron chi connectivity index (χ3n) is 3.37. The van der Waals surface area contributed by atoms with Crippen LogP contribution in [-0.2, 0) is 4.79 Å². The molecule has 0 saturated heterocycles. The lowest BCUT2D eigenvalue weighted by atomic mass is 9.87. The first kappa shape index (κ1) is 14.3. The lowest BCUT2D eigenvalue weighted by molar-refractivity contribution is -0.119. The molecule has 0 aliphatic rings. The number of amides is 1. The highest BCUT2D eigenvalue weighted by Crippen LogP contribution is 2.30. The number of hydrogen-bond acceptors (Lipinski definition) is 3. The minimum atomic E-state index is -0.602. The summed E-state index contributed by atoms with van der Waals surface area (Å²) in [7, 11) is 0. The second-order valence-corrected chi connectivity index (χ2v) is 6.01. The largest absolute Gasteiger partial charge is 0.507 e. The Kier molecular flexibility index (Phi) is 3.68. The van der Waals surface area contributed by atoms with Crippen LogP contribution in [0.25, 0.3) is 10.8 Å². The summed E-state index contributed by atoms with van der Waals surface area (Å²) >= 11 is 0. The van der Waals surface area contributed by atoms with Crippen molar-refractivity contribution in [1.82, 2.24) is 0 Å². The van der Waals surface area contributed by atoms with E-state index < -0.39 is 6.04 Å². The average Bonchev–Trinajstić information content (AvgIpc) is 2.38. The predicted octanol–water partition coefficient (Wildman–Crippen LogP) is 2.86. The summed E-state index contributed by atoms with van der Waals surface area (Å²) < 4.78 is 0. The zero-order chi connectivity index (χ0) is 14.9. The Labute approximate surface area is 118 Å². The van der Waals surface area contributed by atoms with E-state index >= 15 is 0 Å². The lowest BCUT2D eigenvalue weighted by Gasteiger charge is -2.26. The van der Waals surface area contributed by atoms with Crippen LogP contribution in [0.1, 0.15) is 20.8 Å². The molecule has 1 atom stereocenters. The van der Waals surface area contributed by atoms with Crippen LogP contribution in [-0.4, -0.2) is 17.1 Å². The molecule has 0 saturated carbocycles. The molecule has 0 aromatic heterocycles. The van der Waals surface area contributed by atoms with Gasteiger partial charge in [0, 0.05) is 16.5 Å². The van der Waals surface area contributed by atoms with Crippen molar-refractivity contribution in [3.8, 4) is 5.75 Å². The number of carbonyl (C=O) groups is 1. The van der Waals surface area contributed by atoms with Crippen LogP contribution in [0.4, 0.5) is 5.69 Å². The first-order valence-electron chi connectivity index (χ1n) is 6.58. The van der Waals surface area contributed by atoms with Crippen LogP contribution in [0.2, 0.25) is 0 Å². The standard InChI is InChI=1S/C16H20N2O2/c1-16(2,3)14(17)15(20)18-12-8-4-7-11-10(12)6-5-9-13(11)19/h4-9,14,19H,17H2,1-3H3,(H,18,20)/t14-/m0/s1. The van der Waals surface area contributed by atoms with Crippen molar-refractivity contribution in [2.24, 2.45) is 11.1 Å². The summed E-state index contributed by atoms with van der Waals surface area (Å²) in [6, 6.07) is 10.0. The number of hydrogen-bond donors (Lipinski definition) is 3. The van der Waals surface area contributed by atoms with Gasteiger partial charge in [-0.25, -0.2) is 0 Å². The fourth-order valence-corrected chi connectivity index (χ4v) is 2.01. The molecule has 106 valence electrons. The fraction of sp³-hybridized carbons (Fsp3) is 0.312. The van der Waals surface area contributed by atoms with E-state index in [0.717, 1.165) is 5.39 Å². The number of phenols is 1. The Morgan fingerprint density at radius 3 is 2.40 bits per heavy atom. The normalized spacial score (nSPS) is 13.2. The molecule has 20 heavy (non-hydrogen) atoms. The van der Waals surface area contributed by atoms with Crippen LogP contribution in [0.15, 0.2) is 36.4 Å². The summed E-state index contributed by atoms with van der Waals surface area (Å²) in [6.45, 7) is 5.77. The van der Waals surface area contributed by atoms with Gasteiger partial charge in [-0.15, -0.1) is 0 Å². The molecule has 4 N–H and O–H groups in total. The van der Waals surface area contributed by atoms with Gasteiger partial charge in [0.2, 0.25) is 5.91 Å². The smallest absolute Gasteiger partial charge is 0.241 e. The van der Waals surface area contributed by atoms with E-state index in [1.54, 1.807) is 24.3 Å². The molecular weight excluding hydrogens is 252 g/mol. The Bertz CT molecular complexity index is 644. The highest BCUT2D eigenvalue weighted by atomic mass is 16.3. The van der Waals surface area contributed by atoms with Crippen molar-refractivity contribution in [1.29, 1.82) is 0 Å². The molecule has 0 aliphatic carbocycles. The Hall–Kier alpha value is -2.07. The molecule has 2 aromatic carbocycles. The van der Waals surface area contributed by atoms with E-state index in [9.17, 15) is 9.90 Å². The monoisotopic (exact) mass is 272 g/mol. The molecule has 2 aromatic rings. The summed E-state index contributed by atoms with van der Waals surface area (Å²) in [5, 5.41) is 14.2. The average molecular weight is 272 g/mol. The molecular formula is C16H20N2O2. The third kappa shape index (κ3) is 2.75. The van der Waals surface area contributed by atoms with E-state index in [2.05, 4.69) is 5.32 Å². The molecule has 0 heterocycles. The van der Waals surface area contributed by atoms with Crippen molar-refractivity contribution < 1.29 is 9.90 Å². The molecule has 0 aliphatic heterocycles. The molecule has 2 rings (SSSR count). The van der Waals surface area contributed by atoms with Crippen molar-refractivity contribution in [3.05, 3.63) is 36.4 Å². The maximum Gasteiger partial charge on any atom is 0.241 e. The Morgan fingerprint density at radius 2 is 1.75 bits per heavy atom. The summed E-state index contributed by atoms with van der Waals surface area (Å²) in [6.07, 6.45) is 0. The minimum Gasteiger partial charge on any atom is -0.507 e. The van der Waals surface area contributed by atoms with Crippen LogP contribution in [0.3, 0.4) is 0 Å². The van der Waals surface area contributed by atoms with Gasteiger partial charge >= 0.3 is 0 Å². The van der Waals surface area contributed by atoms with E-state index in [-0.39, 0.29) is 17.1 Å². The molecule has 0 spiro atoms. The minimum absolute atomic E-state index is 0.193. The molecule has 4 heteroatoms. The van der Waals surface area contributed by atoms with Gasteiger partial charge in [-0.1, -0.05) is 45.0 Å².